The van der Waals surface area contributed by atoms with Crippen molar-refractivity contribution in [1.29, 1.82) is 0 Å². The molecule has 0 aromatic carbocycles. The lowest BCUT2D eigenvalue weighted by atomic mass is 10.1. The molecular weight excluding hydrogens is 432 g/mol. The van der Waals surface area contributed by atoms with Crippen LogP contribution in [0, 0.1) is 0 Å². The fourth-order valence-corrected chi connectivity index (χ4v) is 3.61. The molecule has 0 fully saturated rings. The summed E-state index contributed by atoms with van der Waals surface area (Å²) in [6.45, 7) is 2.26. The molecule has 0 atom stereocenters. The third kappa shape index (κ3) is 37.5. The van der Waals surface area contributed by atoms with E-state index in [4.69, 9.17) is 15.3 Å². The Kier molecular flexibility index (Phi) is 29.5. The Morgan fingerprint density at radius 1 is 0.441 bits per heavy atom. The van der Waals surface area contributed by atoms with Crippen molar-refractivity contribution in [2.45, 2.75) is 148 Å². The van der Waals surface area contributed by atoms with E-state index in [1.165, 1.54) is 70.6 Å². The molecule has 6 nitrogen and oxygen atoms in total. The van der Waals surface area contributed by atoms with Gasteiger partial charge in [-0.3, -0.25) is 14.4 Å². The van der Waals surface area contributed by atoms with Crippen LogP contribution in [0.1, 0.15) is 148 Å². The van der Waals surface area contributed by atoms with Gasteiger partial charge in [-0.15, -0.1) is 0 Å². The number of aliphatic carboxylic acids is 3. The molecule has 0 heterocycles. The van der Waals surface area contributed by atoms with Gasteiger partial charge in [-0.1, -0.05) is 96.1 Å². The van der Waals surface area contributed by atoms with E-state index in [9.17, 15) is 14.4 Å². The first-order valence-electron chi connectivity index (χ1n) is 13.7. The van der Waals surface area contributed by atoms with E-state index in [-0.39, 0.29) is 12.8 Å². The third-order valence-corrected chi connectivity index (χ3v) is 5.68. The van der Waals surface area contributed by atoms with Crippen LogP contribution < -0.4 is 0 Å². The molecule has 0 aliphatic heterocycles. The highest BCUT2D eigenvalue weighted by atomic mass is 16.4. The molecule has 0 aliphatic rings. The van der Waals surface area contributed by atoms with Gasteiger partial charge in [-0.05, 0) is 44.9 Å². The van der Waals surface area contributed by atoms with Gasteiger partial charge in [-0.2, -0.15) is 0 Å². The highest BCUT2D eigenvalue weighted by Gasteiger charge is 1.98. The Bertz CT molecular complexity index is 481. The number of rotatable bonds is 24. The van der Waals surface area contributed by atoms with Crippen LogP contribution in [0.4, 0.5) is 0 Å². The normalized spacial score (nSPS) is 10.7. The fraction of sp³-hybridized carbons (Fsp3) is 0.821. The van der Waals surface area contributed by atoms with Crippen LogP contribution in [0.25, 0.3) is 0 Å². The Morgan fingerprint density at radius 2 is 0.706 bits per heavy atom. The number of hydrogen-bond acceptors (Lipinski definition) is 3. The summed E-state index contributed by atoms with van der Waals surface area (Å²) in [5, 5.41) is 25.2. The summed E-state index contributed by atoms with van der Waals surface area (Å²) in [4.78, 5) is 30.6. The summed E-state index contributed by atoms with van der Waals surface area (Å²) < 4.78 is 0. The first kappa shape index (κ1) is 34.3. The maximum absolute atomic E-state index is 10.3. The number of allylic oxidation sites excluding steroid dienone is 2. The van der Waals surface area contributed by atoms with Crippen molar-refractivity contribution in [3.63, 3.8) is 0 Å². The zero-order valence-electron chi connectivity index (χ0n) is 21.8. The lowest BCUT2D eigenvalue weighted by Crippen LogP contribution is -1.94. The van der Waals surface area contributed by atoms with Gasteiger partial charge in [0.05, 0.1) is 0 Å². The monoisotopic (exact) mass is 484 g/mol. The predicted octanol–water partition coefficient (Wildman–Crippen LogP) is 8.38. The quantitative estimate of drug-likeness (QED) is 0.0936. The Balaban J connectivity index is 0. The second kappa shape index (κ2) is 29.2. The minimum Gasteiger partial charge on any atom is -0.481 e. The zero-order valence-corrected chi connectivity index (χ0v) is 21.8. The summed E-state index contributed by atoms with van der Waals surface area (Å²) in [6, 6.07) is 0. The largest absolute Gasteiger partial charge is 0.481 e. The van der Waals surface area contributed by atoms with Crippen LogP contribution in [-0.4, -0.2) is 33.2 Å². The van der Waals surface area contributed by atoms with Gasteiger partial charge >= 0.3 is 17.9 Å². The molecule has 0 amide bonds. The van der Waals surface area contributed by atoms with E-state index in [2.05, 4.69) is 19.1 Å². The number of unbranched alkanes of at least 4 members (excludes halogenated alkanes) is 16. The average Bonchev–Trinajstić information content (AvgIpc) is 2.78. The molecule has 0 aromatic heterocycles. The van der Waals surface area contributed by atoms with Crippen LogP contribution in [-0.2, 0) is 14.4 Å². The molecule has 6 heteroatoms. The maximum Gasteiger partial charge on any atom is 0.303 e. The number of carbonyl (C=O) groups is 3. The van der Waals surface area contributed by atoms with Crippen LogP contribution in [0.5, 0.6) is 0 Å². The van der Waals surface area contributed by atoms with E-state index < -0.39 is 17.9 Å². The van der Waals surface area contributed by atoms with Crippen molar-refractivity contribution in [2.24, 2.45) is 0 Å². The summed E-state index contributed by atoms with van der Waals surface area (Å²) in [5.41, 5.74) is 0. The molecule has 0 aromatic rings. The smallest absolute Gasteiger partial charge is 0.303 e. The van der Waals surface area contributed by atoms with Gasteiger partial charge in [-0.25, -0.2) is 0 Å². The lowest BCUT2D eigenvalue weighted by Gasteiger charge is -1.99. The Hall–Kier alpha value is -1.85. The van der Waals surface area contributed by atoms with Crippen molar-refractivity contribution in [3.05, 3.63) is 12.2 Å². The number of carboxylic acid groups (broad SMARTS) is 3. The summed E-state index contributed by atoms with van der Waals surface area (Å²) >= 11 is 0. The second-order valence-corrected chi connectivity index (χ2v) is 9.14. The SMILES string of the molecule is CCCCCCCC/C=C\CCCCCCCC(=O)O.O=C(O)CCCCCCCCC(=O)O. The highest BCUT2D eigenvalue weighted by molar-refractivity contribution is 5.67. The van der Waals surface area contributed by atoms with Crippen molar-refractivity contribution in [3.8, 4) is 0 Å². The third-order valence-electron chi connectivity index (χ3n) is 5.68. The summed E-state index contributed by atoms with van der Waals surface area (Å²) in [7, 11) is 0. The first-order chi connectivity index (χ1) is 16.4. The molecule has 0 saturated carbocycles. The van der Waals surface area contributed by atoms with Crippen LogP contribution >= 0.6 is 0 Å². The van der Waals surface area contributed by atoms with Crippen LogP contribution in [0.15, 0.2) is 12.2 Å². The molecule has 200 valence electrons. The first-order valence-corrected chi connectivity index (χ1v) is 13.7. The van der Waals surface area contributed by atoms with Gasteiger partial charge in [0.25, 0.3) is 0 Å². The summed E-state index contributed by atoms with van der Waals surface area (Å²) in [5.74, 6) is -2.14. The average molecular weight is 485 g/mol. The van der Waals surface area contributed by atoms with E-state index >= 15 is 0 Å². The molecule has 34 heavy (non-hydrogen) atoms. The van der Waals surface area contributed by atoms with Gasteiger partial charge in [0.2, 0.25) is 0 Å². The summed E-state index contributed by atoms with van der Waals surface area (Å²) in [6.07, 6.45) is 27.1. The van der Waals surface area contributed by atoms with Crippen LogP contribution in [0.2, 0.25) is 0 Å². The number of carboxylic acids is 3. The van der Waals surface area contributed by atoms with Crippen molar-refractivity contribution in [2.75, 3.05) is 0 Å². The van der Waals surface area contributed by atoms with Crippen molar-refractivity contribution >= 4 is 17.9 Å². The highest BCUT2D eigenvalue weighted by Crippen LogP contribution is 2.10. The van der Waals surface area contributed by atoms with Gasteiger partial charge in [0, 0.05) is 19.3 Å². The fourth-order valence-electron chi connectivity index (χ4n) is 3.61. The van der Waals surface area contributed by atoms with E-state index in [1.54, 1.807) is 0 Å². The topological polar surface area (TPSA) is 112 Å². The molecule has 0 rings (SSSR count). The van der Waals surface area contributed by atoms with E-state index in [0.717, 1.165) is 51.4 Å². The van der Waals surface area contributed by atoms with Gasteiger partial charge < -0.3 is 15.3 Å². The predicted molar refractivity (Wildman–Crippen MR) is 139 cm³/mol. The molecule has 0 bridgehead atoms. The van der Waals surface area contributed by atoms with Gasteiger partial charge in [0.1, 0.15) is 0 Å². The van der Waals surface area contributed by atoms with E-state index in [1.807, 2.05) is 0 Å². The molecule has 0 saturated heterocycles. The lowest BCUT2D eigenvalue weighted by molar-refractivity contribution is -0.138. The molecular formula is C28H52O6. The number of hydrogen-bond donors (Lipinski definition) is 3. The van der Waals surface area contributed by atoms with E-state index in [0.29, 0.717) is 6.42 Å². The van der Waals surface area contributed by atoms with Crippen molar-refractivity contribution < 1.29 is 29.7 Å². The second-order valence-electron chi connectivity index (χ2n) is 9.14. The molecule has 0 spiro atoms. The van der Waals surface area contributed by atoms with Crippen molar-refractivity contribution in [1.82, 2.24) is 0 Å². The zero-order chi connectivity index (χ0) is 25.7. The standard InChI is InChI=1S/C18H34O2.C10H18O4/c1-2-3-4-5-6-7-8-9-10-11-12-13-14-15-16-17-18(19)20;11-9(12)7-5-3-1-2-4-6-8-10(13)14/h9-10H,2-8,11-17H2,1H3,(H,19,20);1-8H2,(H,11,12)(H,13,14)/b10-9-;. The molecule has 0 radical (unpaired) electrons. The Labute approximate surface area is 208 Å². The molecule has 3 N–H and O–H groups in total. The minimum absolute atomic E-state index is 0.245. The van der Waals surface area contributed by atoms with Crippen LogP contribution in [0.3, 0.4) is 0 Å². The molecule has 0 unspecified atom stereocenters. The Morgan fingerprint density at radius 3 is 1.00 bits per heavy atom. The molecule has 0 aliphatic carbocycles. The maximum atomic E-state index is 10.3. The minimum atomic E-state index is -0.740. The van der Waals surface area contributed by atoms with Gasteiger partial charge in [0.15, 0.2) is 0 Å².